The Balaban J connectivity index is 1.72. The fraction of sp³-hybridized carbons (Fsp3) is 0.385. The summed E-state index contributed by atoms with van der Waals surface area (Å²) in [6.45, 7) is 0.823. The van der Waals surface area contributed by atoms with E-state index in [2.05, 4.69) is 34.0 Å². The Kier molecular flexibility index (Phi) is 3.54. The summed E-state index contributed by atoms with van der Waals surface area (Å²) in [5.41, 5.74) is 1.51. The lowest BCUT2D eigenvalue weighted by Crippen LogP contribution is -2.23. The topological polar surface area (TPSA) is 25.2 Å². The molecule has 4 heteroatoms. The van der Waals surface area contributed by atoms with Crippen molar-refractivity contribution in [2.24, 2.45) is 0 Å². The van der Waals surface area contributed by atoms with Crippen LogP contribution in [0.1, 0.15) is 35.1 Å². The first-order chi connectivity index (χ1) is 8.33. The van der Waals surface area contributed by atoms with E-state index >= 15 is 0 Å². The van der Waals surface area contributed by atoms with Gasteiger partial charge in [-0.25, -0.2) is 0 Å². The fourth-order valence-corrected chi connectivity index (χ4v) is 4.49. The quantitative estimate of drug-likeness (QED) is 0.835. The second kappa shape index (κ2) is 5.12. The highest BCUT2D eigenvalue weighted by Crippen LogP contribution is 2.36. The highest BCUT2D eigenvalue weighted by atomic mass is 127. The van der Waals surface area contributed by atoms with Gasteiger partial charge >= 0.3 is 0 Å². The molecule has 2 heterocycles. The van der Waals surface area contributed by atoms with Crippen molar-refractivity contribution in [1.82, 2.24) is 5.32 Å². The molecule has 0 aromatic carbocycles. The molecule has 0 bridgehead atoms. The van der Waals surface area contributed by atoms with Gasteiger partial charge in [0.05, 0.1) is 15.7 Å². The molecule has 1 aliphatic rings. The van der Waals surface area contributed by atoms with Crippen molar-refractivity contribution in [3.63, 3.8) is 0 Å². The Labute approximate surface area is 119 Å². The summed E-state index contributed by atoms with van der Waals surface area (Å²) in [5.74, 6) is 1.02. The fourth-order valence-electron chi connectivity index (χ4n) is 2.37. The standard InChI is InChI=1S/C13H14INOS/c14-13-7-10-11(4-1-5-12(10)17-13)15-8-9-3-2-6-16-9/h2-3,6-7,11,15H,1,4-5,8H2. The van der Waals surface area contributed by atoms with E-state index in [9.17, 15) is 0 Å². The third-order valence-electron chi connectivity index (χ3n) is 3.19. The normalized spacial score (nSPS) is 19.2. The van der Waals surface area contributed by atoms with Crippen LogP contribution >= 0.6 is 33.9 Å². The molecular weight excluding hydrogens is 345 g/mol. The Morgan fingerprint density at radius 3 is 3.29 bits per heavy atom. The summed E-state index contributed by atoms with van der Waals surface area (Å²) >= 11 is 4.36. The van der Waals surface area contributed by atoms with Gasteiger partial charge in [0, 0.05) is 10.9 Å². The smallest absolute Gasteiger partial charge is 0.117 e. The SMILES string of the molecule is Ic1cc2c(s1)CCCC2NCc1ccco1. The van der Waals surface area contributed by atoms with Crippen LogP contribution in [0.15, 0.2) is 28.9 Å². The second-order valence-corrected chi connectivity index (χ2v) is 7.37. The molecule has 1 atom stereocenters. The molecule has 2 aromatic heterocycles. The number of hydrogen-bond donors (Lipinski definition) is 1. The lowest BCUT2D eigenvalue weighted by molar-refractivity contribution is 0.419. The number of furan rings is 1. The molecule has 0 radical (unpaired) electrons. The van der Waals surface area contributed by atoms with Crippen LogP contribution < -0.4 is 5.32 Å². The van der Waals surface area contributed by atoms with Crippen molar-refractivity contribution in [1.29, 1.82) is 0 Å². The lowest BCUT2D eigenvalue weighted by atomic mass is 9.94. The molecule has 2 nitrogen and oxygen atoms in total. The van der Waals surface area contributed by atoms with Gasteiger partial charge in [-0.3, -0.25) is 0 Å². The molecule has 0 amide bonds. The number of fused-ring (bicyclic) bond motifs is 1. The molecule has 3 rings (SSSR count). The third-order valence-corrected chi connectivity index (χ3v) is 5.16. The minimum atomic E-state index is 0.503. The summed E-state index contributed by atoms with van der Waals surface area (Å²) in [6, 6.07) is 6.80. The van der Waals surface area contributed by atoms with E-state index in [1.165, 1.54) is 27.7 Å². The predicted molar refractivity (Wildman–Crippen MR) is 78.3 cm³/mol. The molecule has 90 valence electrons. The Morgan fingerprint density at radius 1 is 1.53 bits per heavy atom. The molecule has 17 heavy (non-hydrogen) atoms. The maximum absolute atomic E-state index is 5.36. The van der Waals surface area contributed by atoms with Crippen LogP contribution in [0.4, 0.5) is 0 Å². The van der Waals surface area contributed by atoms with Crippen LogP contribution in [-0.4, -0.2) is 0 Å². The van der Waals surface area contributed by atoms with E-state index in [4.69, 9.17) is 4.42 Å². The maximum Gasteiger partial charge on any atom is 0.117 e. The number of rotatable bonds is 3. The Morgan fingerprint density at radius 2 is 2.47 bits per heavy atom. The minimum absolute atomic E-state index is 0.503. The number of aryl methyl sites for hydroxylation is 1. The molecule has 0 fully saturated rings. The first kappa shape index (κ1) is 11.7. The lowest BCUT2D eigenvalue weighted by Gasteiger charge is -2.23. The molecule has 1 aliphatic carbocycles. The van der Waals surface area contributed by atoms with Gasteiger partial charge in [0.1, 0.15) is 5.76 Å². The zero-order chi connectivity index (χ0) is 11.7. The minimum Gasteiger partial charge on any atom is -0.468 e. The first-order valence-corrected chi connectivity index (χ1v) is 7.76. The summed E-state index contributed by atoms with van der Waals surface area (Å²) in [4.78, 5) is 1.57. The number of thiophene rings is 1. The molecule has 0 saturated carbocycles. The summed E-state index contributed by atoms with van der Waals surface area (Å²) < 4.78 is 6.76. The van der Waals surface area contributed by atoms with Gasteiger partial charge in [0.15, 0.2) is 0 Å². The van der Waals surface area contributed by atoms with E-state index in [0.29, 0.717) is 6.04 Å². The molecule has 2 aromatic rings. The van der Waals surface area contributed by atoms with Gasteiger partial charge in [-0.2, -0.15) is 0 Å². The Bertz CT molecular complexity index is 491. The number of halogens is 1. The van der Waals surface area contributed by atoms with Gasteiger partial charge in [-0.15, -0.1) is 11.3 Å². The van der Waals surface area contributed by atoms with Crippen molar-refractivity contribution >= 4 is 33.9 Å². The molecule has 0 aliphatic heterocycles. The van der Waals surface area contributed by atoms with Crippen molar-refractivity contribution in [2.75, 3.05) is 0 Å². The highest BCUT2D eigenvalue weighted by Gasteiger charge is 2.22. The largest absolute Gasteiger partial charge is 0.468 e. The predicted octanol–water partition coefficient (Wildman–Crippen LogP) is 4.11. The van der Waals surface area contributed by atoms with Crippen LogP contribution in [0, 0.1) is 2.88 Å². The zero-order valence-electron chi connectivity index (χ0n) is 9.41. The van der Waals surface area contributed by atoms with Crippen LogP contribution in [0.3, 0.4) is 0 Å². The highest BCUT2D eigenvalue weighted by molar-refractivity contribution is 14.1. The van der Waals surface area contributed by atoms with E-state index in [1.54, 1.807) is 11.1 Å². The number of hydrogen-bond acceptors (Lipinski definition) is 3. The summed E-state index contributed by atoms with van der Waals surface area (Å²) in [7, 11) is 0. The van der Waals surface area contributed by atoms with Crippen molar-refractivity contribution in [3.8, 4) is 0 Å². The summed E-state index contributed by atoms with van der Waals surface area (Å²) in [5, 5.41) is 3.60. The van der Waals surface area contributed by atoms with E-state index < -0.39 is 0 Å². The van der Waals surface area contributed by atoms with Gasteiger partial charge in [0.25, 0.3) is 0 Å². The average molecular weight is 359 g/mol. The van der Waals surface area contributed by atoms with Crippen LogP contribution in [0.2, 0.25) is 0 Å². The van der Waals surface area contributed by atoms with Gasteiger partial charge in [-0.05, 0) is 65.6 Å². The van der Waals surface area contributed by atoms with Crippen molar-refractivity contribution in [2.45, 2.75) is 31.8 Å². The third kappa shape index (κ3) is 2.58. The van der Waals surface area contributed by atoms with Gasteiger partial charge < -0.3 is 9.73 Å². The monoisotopic (exact) mass is 359 g/mol. The molecule has 1 N–H and O–H groups in total. The van der Waals surface area contributed by atoms with E-state index in [1.807, 2.05) is 23.5 Å². The van der Waals surface area contributed by atoms with Gasteiger partial charge in [0.2, 0.25) is 0 Å². The molecule has 1 unspecified atom stereocenters. The first-order valence-electron chi connectivity index (χ1n) is 5.87. The van der Waals surface area contributed by atoms with E-state index in [-0.39, 0.29) is 0 Å². The van der Waals surface area contributed by atoms with Gasteiger partial charge in [-0.1, -0.05) is 0 Å². The van der Waals surface area contributed by atoms with Crippen LogP contribution in [0.25, 0.3) is 0 Å². The molecule has 0 saturated heterocycles. The maximum atomic E-state index is 5.36. The Hall–Kier alpha value is -0.330. The zero-order valence-corrected chi connectivity index (χ0v) is 12.4. The average Bonchev–Trinajstić information content (AvgIpc) is 2.93. The van der Waals surface area contributed by atoms with Crippen LogP contribution in [0.5, 0.6) is 0 Å². The van der Waals surface area contributed by atoms with Crippen molar-refractivity contribution < 1.29 is 4.42 Å². The van der Waals surface area contributed by atoms with Crippen molar-refractivity contribution in [3.05, 3.63) is 43.5 Å². The van der Waals surface area contributed by atoms with Crippen LogP contribution in [-0.2, 0) is 13.0 Å². The van der Waals surface area contributed by atoms with E-state index in [0.717, 1.165) is 12.3 Å². The second-order valence-electron chi connectivity index (χ2n) is 4.33. The molecule has 0 spiro atoms. The summed E-state index contributed by atoms with van der Waals surface area (Å²) in [6.07, 6.45) is 5.51. The number of nitrogens with one attached hydrogen (secondary N) is 1. The molecular formula is C13H14INOS.